The van der Waals surface area contributed by atoms with E-state index in [1.807, 2.05) is 0 Å². The topological polar surface area (TPSA) is 38.0 Å². The van der Waals surface area contributed by atoms with Crippen LogP contribution in [-0.4, -0.2) is 18.6 Å². The van der Waals surface area contributed by atoms with E-state index < -0.39 is 0 Å². The predicted octanol–water partition coefficient (Wildman–Crippen LogP) is 3.31. The minimum Gasteiger partial charge on any atom is -0.330 e. The van der Waals surface area contributed by atoms with E-state index >= 15 is 0 Å². The van der Waals surface area contributed by atoms with Crippen molar-refractivity contribution < 1.29 is 0 Å². The van der Waals surface area contributed by atoms with Gasteiger partial charge in [-0.05, 0) is 61.3 Å². The fraction of sp³-hybridized carbons (Fsp3) is 1.00. The molecule has 3 saturated carbocycles. The van der Waals surface area contributed by atoms with Gasteiger partial charge in [-0.1, -0.05) is 33.6 Å². The van der Waals surface area contributed by atoms with Crippen LogP contribution in [0.15, 0.2) is 0 Å². The summed E-state index contributed by atoms with van der Waals surface area (Å²) in [5, 5.41) is 4.10. The third-order valence-electron chi connectivity index (χ3n) is 6.86. The van der Waals surface area contributed by atoms with Crippen molar-refractivity contribution in [3.05, 3.63) is 0 Å². The number of hydrogen-bond acceptors (Lipinski definition) is 2. The van der Waals surface area contributed by atoms with E-state index in [-0.39, 0.29) is 0 Å². The van der Waals surface area contributed by atoms with E-state index in [9.17, 15) is 0 Å². The molecule has 3 fully saturated rings. The fourth-order valence-corrected chi connectivity index (χ4v) is 5.64. The molecule has 0 aromatic rings. The van der Waals surface area contributed by atoms with Crippen LogP contribution in [0, 0.1) is 22.7 Å². The molecular formula is C17H32N2. The lowest BCUT2D eigenvalue weighted by molar-refractivity contribution is 0.0815. The molecule has 0 saturated heterocycles. The van der Waals surface area contributed by atoms with Gasteiger partial charge in [0, 0.05) is 12.1 Å². The lowest BCUT2D eigenvalue weighted by Gasteiger charge is -2.47. The molecule has 19 heavy (non-hydrogen) atoms. The molecule has 3 N–H and O–H groups in total. The average Bonchev–Trinajstić information content (AvgIpc) is 2.86. The smallest absolute Gasteiger partial charge is 0.0177 e. The molecule has 5 unspecified atom stereocenters. The van der Waals surface area contributed by atoms with Crippen LogP contribution in [0.25, 0.3) is 0 Å². The first-order valence-electron chi connectivity index (χ1n) is 8.43. The van der Waals surface area contributed by atoms with Gasteiger partial charge in [0.1, 0.15) is 0 Å². The molecular weight excluding hydrogens is 232 g/mol. The Morgan fingerprint density at radius 2 is 1.84 bits per heavy atom. The molecule has 3 aliphatic rings. The standard InChI is InChI=1S/C17H32N2/c1-16(2)13-8-9-17(3,10-13)15(16)19-14-7-5-4-6-12(14)11-18/h12-15,19H,4-11,18H2,1-3H3. The molecule has 0 amide bonds. The van der Waals surface area contributed by atoms with Gasteiger partial charge in [0.05, 0.1) is 0 Å². The quantitative estimate of drug-likeness (QED) is 0.821. The summed E-state index contributed by atoms with van der Waals surface area (Å²) < 4.78 is 0. The molecule has 2 bridgehead atoms. The largest absolute Gasteiger partial charge is 0.330 e. The van der Waals surface area contributed by atoms with E-state index in [1.54, 1.807) is 0 Å². The van der Waals surface area contributed by atoms with Crippen LogP contribution in [-0.2, 0) is 0 Å². The second kappa shape index (κ2) is 4.73. The van der Waals surface area contributed by atoms with Crippen molar-refractivity contribution in [2.45, 2.75) is 77.8 Å². The fourth-order valence-electron chi connectivity index (χ4n) is 5.64. The summed E-state index contributed by atoms with van der Waals surface area (Å²) in [5.74, 6) is 1.65. The van der Waals surface area contributed by atoms with Gasteiger partial charge in [-0.3, -0.25) is 0 Å². The van der Waals surface area contributed by atoms with Crippen molar-refractivity contribution in [1.29, 1.82) is 0 Å². The highest BCUT2D eigenvalue weighted by molar-refractivity contribution is 5.12. The van der Waals surface area contributed by atoms with E-state index in [2.05, 4.69) is 26.1 Å². The first-order valence-corrected chi connectivity index (χ1v) is 8.43. The number of nitrogens with one attached hydrogen (secondary N) is 1. The van der Waals surface area contributed by atoms with Gasteiger partial charge < -0.3 is 11.1 Å². The molecule has 110 valence electrons. The number of hydrogen-bond donors (Lipinski definition) is 2. The molecule has 0 aromatic heterocycles. The summed E-state index contributed by atoms with van der Waals surface area (Å²) in [6.07, 6.45) is 9.77. The molecule has 2 heteroatoms. The minimum absolute atomic E-state index is 0.476. The second-order valence-electron chi connectivity index (χ2n) is 8.40. The van der Waals surface area contributed by atoms with Crippen LogP contribution in [0.4, 0.5) is 0 Å². The molecule has 0 spiro atoms. The summed E-state index contributed by atoms with van der Waals surface area (Å²) >= 11 is 0. The molecule has 0 heterocycles. The Labute approximate surface area is 118 Å². The van der Waals surface area contributed by atoms with Crippen molar-refractivity contribution in [3.63, 3.8) is 0 Å². The molecule has 0 aromatic carbocycles. The zero-order valence-corrected chi connectivity index (χ0v) is 13.0. The molecule has 0 radical (unpaired) electrons. The van der Waals surface area contributed by atoms with Crippen LogP contribution >= 0.6 is 0 Å². The maximum Gasteiger partial charge on any atom is 0.0177 e. The van der Waals surface area contributed by atoms with Crippen molar-refractivity contribution in [2.24, 2.45) is 28.4 Å². The van der Waals surface area contributed by atoms with Gasteiger partial charge in [-0.2, -0.15) is 0 Å². The Kier molecular flexibility index (Phi) is 3.46. The van der Waals surface area contributed by atoms with Gasteiger partial charge in [-0.15, -0.1) is 0 Å². The number of rotatable bonds is 3. The second-order valence-corrected chi connectivity index (χ2v) is 8.40. The SMILES string of the molecule is CC12CCC(C1)C(C)(C)C2NC1CCCCC1CN. The molecule has 3 rings (SSSR count). The highest BCUT2D eigenvalue weighted by Crippen LogP contribution is 2.62. The lowest BCUT2D eigenvalue weighted by atomic mass is 9.67. The average molecular weight is 264 g/mol. The van der Waals surface area contributed by atoms with E-state index in [0.717, 1.165) is 12.5 Å². The van der Waals surface area contributed by atoms with Crippen LogP contribution in [0.2, 0.25) is 0 Å². The zero-order valence-electron chi connectivity index (χ0n) is 13.0. The Morgan fingerprint density at radius 3 is 2.47 bits per heavy atom. The normalized spacial score (nSPS) is 48.6. The summed E-state index contributed by atoms with van der Waals surface area (Å²) in [6, 6.07) is 1.38. The Hall–Kier alpha value is -0.0800. The Morgan fingerprint density at radius 1 is 1.11 bits per heavy atom. The van der Waals surface area contributed by atoms with Crippen molar-refractivity contribution in [1.82, 2.24) is 5.32 Å². The monoisotopic (exact) mass is 264 g/mol. The number of nitrogens with two attached hydrogens (primary N) is 1. The van der Waals surface area contributed by atoms with Crippen LogP contribution in [0.3, 0.4) is 0 Å². The third-order valence-corrected chi connectivity index (χ3v) is 6.86. The maximum atomic E-state index is 6.00. The minimum atomic E-state index is 0.476. The molecule has 2 nitrogen and oxygen atoms in total. The van der Waals surface area contributed by atoms with Gasteiger partial charge in [0.15, 0.2) is 0 Å². The van der Waals surface area contributed by atoms with Crippen molar-refractivity contribution in [2.75, 3.05) is 6.54 Å². The van der Waals surface area contributed by atoms with E-state index in [0.29, 0.717) is 28.8 Å². The van der Waals surface area contributed by atoms with Gasteiger partial charge >= 0.3 is 0 Å². The molecule has 0 aliphatic heterocycles. The molecule has 3 aliphatic carbocycles. The van der Waals surface area contributed by atoms with Crippen LogP contribution in [0.1, 0.15) is 65.7 Å². The van der Waals surface area contributed by atoms with Crippen LogP contribution < -0.4 is 11.1 Å². The van der Waals surface area contributed by atoms with Gasteiger partial charge in [0.25, 0.3) is 0 Å². The van der Waals surface area contributed by atoms with Crippen LogP contribution in [0.5, 0.6) is 0 Å². The summed E-state index contributed by atoms with van der Waals surface area (Å²) in [4.78, 5) is 0. The van der Waals surface area contributed by atoms with Gasteiger partial charge in [-0.25, -0.2) is 0 Å². The molecule has 5 atom stereocenters. The number of fused-ring (bicyclic) bond motifs is 2. The predicted molar refractivity (Wildman–Crippen MR) is 81.0 cm³/mol. The summed E-state index contributed by atoms with van der Waals surface area (Å²) in [5.41, 5.74) is 7.03. The van der Waals surface area contributed by atoms with E-state index in [4.69, 9.17) is 5.73 Å². The highest BCUT2D eigenvalue weighted by atomic mass is 15.0. The highest BCUT2D eigenvalue weighted by Gasteiger charge is 2.59. The summed E-state index contributed by atoms with van der Waals surface area (Å²) in [7, 11) is 0. The third kappa shape index (κ3) is 2.15. The lowest BCUT2D eigenvalue weighted by Crippen LogP contribution is -2.56. The van der Waals surface area contributed by atoms with Crippen molar-refractivity contribution >= 4 is 0 Å². The van der Waals surface area contributed by atoms with E-state index in [1.165, 1.54) is 44.9 Å². The Balaban J connectivity index is 1.75. The zero-order chi connectivity index (χ0) is 13.7. The summed E-state index contributed by atoms with van der Waals surface area (Å²) in [6.45, 7) is 8.39. The van der Waals surface area contributed by atoms with Gasteiger partial charge in [0.2, 0.25) is 0 Å². The maximum absolute atomic E-state index is 6.00. The Bertz CT molecular complexity index is 333. The first kappa shape index (κ1) is 13.9. The first-order chi connectivity index (χ1) is 8.97. The van der Waals surface area contributed by atoms with Crippen molar-refractivity contribution in [3.8, 4) is 0 Å².